The highest BCUT2D eigenvalue weighted by molar-refractivity contribution is 8.00. The molecule has 1 aliphatic rings. The molecule has 0 aliphatic carbocycles. The average molecular weight is 465 g/mol. The molecule has 1 heterocycles. The SMILES string of the molecule is COc1ccc(SC(C)C(=O)Nc2ccc(S(=O)(=O)N3CC(C)OC(C)C3)cc2)cc1. The van der Waals surface area contributed by atoms with Crippen molar-refractivity contribution in [2.24, 2.45) is 0 Å². The van der Waals surface area contributed by atoms with Crippen molar-refractivity contribution in [2.75, 3.05) is 25.5 Å². The van der Waals surface area contributed by atoms with Crippen LogP contribution in [0.25, 0.3) is 0 Å². The third-order valence-electron chi connectivity index (χ3n) is 4.89. The first-order valence-electron chi connectivity index (χ1n) is 10.1. The van der Waals surface area contributed by atoms with Gasteiger partial charge in [0.05, 0.1) is 29.5 Å². The van der Waals surface area contributed by atoms with E-state index in [0.717, 1.165) is 10.6 Å². The van der Waals surface area contributed by atoms with Crippen molar-refractivity contribution in [2.45, 2.75) is 48.0 Å². The number of methoxy groups -OCH3 is 1. The van der Waals surface area contributed by atoms with E-state index in [1.807, 2.05) is 45.0 Å². The van der Waals surface area contributed by atoms with E-state index in [0.29, 0.717) is 18.8 Å². The van der Waals surface area contributed by atoms with Crippen molar-refractivity contribution in [3.63, 3.8) is 0 Å². The standard InChI is InChI=1S/C22H28N2O5S2/c1-15-13-24(14-16(2)29-15)31(26,27)21-11-5-18(6-12-21)23-22(25)17(3)30-20-9-7-19(28-4)8-10-20/h5-12,15-17H,13-14H2,1-4H3,(H,23,25). The highest BCUT2D eigenvalue weighted by Crippen LogP contribution is 2.27. The first kappa shape index (κ1) is 23.6. The molecule has 1 saturated heterocycles. The molecule has 0 spiro atoms. The minimum atomic E-state index is -3.61. The maximum absolute atomic E-state index is 12.9. The molecule has 2 aromatic carbocycles. The highest BCUT2D eigenvalue weighted by atomic mass is 32.2. The number of amides is 1. The molecule has 3 unspecified atom stereocenters. The number of hydrogen-bond donors (Lipinski definition) is 1. The second kappa shape index (κ2) is 10.0. The van der Waals surface area contributed by atoms with Crippen LogP contribution < -0.4 is 10.1 Å². The monoisotopic (exact) mass is 464 g/mol. The molecule has 0 saturated carbocycles. The van der Waals surface area contributed by atoms with Gasteiger partial charge in [0.15, 0.2) is 0 Å². The first-order chi connectivity index (χ1) is 14.7. The van der Waals surface area contributed by atoms with Crippen LogP contribution >= 0.6 is 11.8 Å². The van der Waals surface area contributed by atoms with Gasteiger partial charge in [-0.15, -0.1) is 11.8 Å². The summed E-state index contributed by atoms with van der Waals surface area (Å²) in [4.78, 5) is 13.7. The normalized spacial score (nSPS) is 20.8. The molecular formula is C22H28N2O5S2. The van der Waals surface area contributed by atoms with Gasteiger partial charge in [-0.05, 0) is 69.3 Å². The number of nitrogens with one attached hydrogen (secondary N) is 1. The largest absolute Gasteiger partial charge is 0.497 e. The van der Waals surface area contributed by atoms with Gasteiger partial charge in [-0.1, -0.05) is 0 Å². The van der Waals surface area contributed by atoms with Gasteiger partial charge < -0.3 is 14.8 Å². The van der Waals surface area contributed by atoms with Crippen LogP contribution in [0, 0.1) is 0 Å². The van der Waals surface area contributed by atoms with E-state index in [1.165, 1.54) is 28.2 Å². The minimum absolute atomic E-state index is 0.151. The van der Waals surface area contributed by atoms with Crippen LogP contribution in [0.15, 0.2) is 58.3 Å². The van der Waals surface area contributed by atoms with E-state index < -0.39 is 10.0 Å². The number of nitrogens with zero attached hydrogens (tertiary/aromatic N) is 1. The van der Waals surface area contributed by atoms with Crippen LogP contribution in [-0.4, -0.2) is 56.3 Å². The van der Waals surface area contributed by atoms with Gasteiger partial charge in [-0.25, -0.2) is 8.42 Å². The molecule has 2 aromatic rings. The van der Waals surface area contributed by atoms with E-state index in [2.05, 4.69) is 5.32 Å². The summed E-state index contributed by atoms with van der Waals surface area (Å²) in [5.74, 6) is 0.602. The number of sulfonamides is 1. The summed E-state index contributed by atoms with van der Waals surface area (Å²) in [6.45, 7) is 6.20. The lowest BCUT2D eigenvalue weighted by molar-refractivity contribution is -0.115. The number of rotatable bonds is 7. The zero-order valence-electron chi connectivity index (χ0n) is 18.1. The molecular weight excluding hydrogens is 436 g/mol. The van der Waals surface area contributed by atoms with Gasteiger partial charge in [0.1, 0.15) is 5.75 Å². The van der Waals surface area contributed by atoms with Crippen LogP contribution in [0.5, 0.6) is 5.75 Å². The van der Waals surface area contributed by atoms with E-state index in [4.69, 9.17) is 9.47 Å². The number of anilines is 1. The number of thioether (sulfide) groups is 1. The molecule has 0 aromatic heterocycles. The van der Waals surface area contributed by atoms with E-state index >= 15 is 0 Å². The summed E-state index contributed by atoms with van der Waals surface area (Å²) in [6.07, 6.45) is -0.302. The maximum Gasteiger partial charge on any atom is 0.243 e. The quantitative estimate of drug-likeness (QED) is 0.630. The van der Waals surface area contributed by atoms with Crippen molar-refractivity contribution >= 4 is 33.4 Å². The molecule has 31 heavy (non-hydrogen) atoms. The summed E-state index contributed by atoms with van der Waals surface area (Å²) < 4.78 is 38.1. The molecule has 0 bridgehead atoms. The summed E-state index contributed by atoms with van der Waals surface area (Å²) in [5.41, 5.74) is 0.551. The predicted molar refractivity (Wildman–Crippen MR) is 122 cm³/mol. The zero-order chi connectivity index (χ0) is 22.6. The predicted octanol–water partition coefficient (Wildman–Crippen LogP) is 3.61. The van der Waals surface area contributed by atoms with Gasteiger partial charge in [0.2, 0.25) is 15.9 Å². The molecule has 1 N–H and O–H groups in total. The number of carbonyl (C=O) groups excluding carboxylic acids is 1. The third kappa shape index (κ3) is 6.00. The van der Waals surface area contributed by atoms with E-state index in [-0.39, 0.29) is 28.3 Å². The molecule has 0 radical (unpaired) electrons. The maximum atomic E-state index is 12.9. The lowest BCUT2D eigenvalue weighted by Gasteiger charge is -2.34. The lowest BCUT2D eigenvalue weighted by atomic mass is 10.3. The Morgan fingerprint density at radius 1 is 1.10 bits per heavy atom. The Morgan fingerprint density at radius 2 is 1.68 bits per heavy atom. The number of ether oxygens (including phenoxy) is 2. The lowest BCUT2D eigenvalue weighted by Crippen LogP contribution is -2.48. The Morgan fingerprint density at radius 3 is 2.23 bits per heavy atom. The van der Waals surface area contributed by atoms with Gasteiger partial charge >= 0.3 is 0 Å². The molecule has 168 valence electrons. The van der Waals surface area contributed by atoms with Crippen molar-refractivity contribution in [1.29, 1.82) is 0 Å². The molecule has 3 atom stereocenters. The van der Waals surface area contributed by atoms with Crippen molar-refractivity contribution in [3.05, 3.63) is 48.5 Å². The highest BCUT2D eigenvalue weighted by Gasteiger charge is 2.32. The summed E-state index contributed by atoms with van der Waals surface area (Å²) in [5, 5.41) is 2.52. The van der Waals surface area contributed by atoms with Gasteiger partial charge in [0.25, 0.3) is 0 Å². The van der Waals surface area contributed by atoms with Gasteiger partial charge in [-0.2, -0.15) is 4.31 Å². The van der Waals surface area contributed by atoms with Crippen LogP contribution in [0.3, 0.4) is 0 Å². The second-order valence-corrected chi connectivity index (χ2v) is 10.9. The van der Waals surface area contributed by atoms with Crippen LogP contribution in [0.4, 0.5) is 5.69 Å². The van der Waals surface area contributed by atoms with Crippen molar-refractivity contribution in [1.82, 2.24) is 4.31 Å². The molecule has 1 amide bonds. The molecule has 9 heteroatoms. The fourth-order valence-electron chi connectivity index (χ4n) is 3.34. The van der Waals surface area contributed by atoms with Gasteiger partial charge in [-0.3, -0.25) is 4.79 Å². The Kier molecular flexibility index (Phi) is 7.64. The Labute approximate surface area is 188 Å². The van der Waals surface area contributed by atoms with Gasteiger partial charge in [0, 0.05) is 23.7 Å². The second-order valence-electron chi connectivity index (χ2n) is 7.53. The molecule has 7 nitrogen and oxygen atoms in total. The first-order valence-corrected chi connectivity index (χ1v) is 12.4. The van der Waals surface area contributed by atoms with Crippen molar-refractivity contribution in [3.8, 4) is 5.75 Å². The topological polar surface area (TPSA) is 84.9 Å². The number of carbonyl (C=O) groups is 1. The molecule has 3 rings (SSSR count). The Hall–Kier alpha value is -2.07. The number of benzene rings is 2. The smallest absolute Gasteiger partial charge is 0.243 e. The minimum Gasteiger partial charge on any atom is -0.497 e. The fraction of sp³-hybridized carbons (Fsp3) is 0.409. The van der Waals surface area contributed by atoms with Crippen LogP contribution in [-0.2, 0) is 19.6 Å². The molecule has 1 fully saturated rings. The van der Waals surface area contributed by atoms with E-state index in [9.17, 15) is 13.2 Å². The third-order valence-corrected chi connectivity index (χ3v) is 7.85. The number of morpholine rings is 1. The Bertz CT molecular complexity index is 984. The summed E-state index contributed by atoms with van der Waals surface area (Å²) in [6, 6.07) is 13.8. The summed E-state index contributed by atoms with van der Waals surface area (Å²) in [7, 11) is -2.00. The van der Waals surface area contributed by atoms with Crippen molar-refractivity contribution < 1.29 is 22.7 Å². The zero-order valence-corrected chi connectivity index (χ0v) is 19.7. The van der Waals surface area contributed by atoms with Crippen LogP contribution in [0.1, 0.15) is 20.8 Å². The fourth-order valence-corrected chi connectivity index (χ4v) is 5.80. The number of hydrogen-bond acceptors (Lipinski definition) is 6. The van der Waals surface area contributed by atoms with Crippen LogP contribution in [0.2, 0.25) is 0 Å². The average Bonchev–Trinajstić information content (AvgIpc) is 2.74. The van der Waals surface area contributed by atoms with E-state index in [1.54, 1.807) is 19.2 Å². The summed E-state index contributed by atoms with van der Waals surface area (Å²) >= 11 is 1.43. The Balaban J connectivity index is 1.62. The molecule has 1 aliphatic heterocycles.